The first-order valence-electron chi connectivity index (χ1n) is 5.32. The number of thioether (sulfide) groups is 1. The van der Waals surface area contributed by atoms with Gasteiger partial charge in [0.05, 0.1) is 18.5 Å². The first-order valence-corrected chi connectivity index (χ1v) is 6.71. The Balaban J connectivity index is 2.65. The summed E-state index contributed by atoms with van der Waals surface area (Å²) in [5, 5.41) is 0. The zero-order valence-corrected chi connectivity index (χ0v) is 11.1. The smallest absolute Gasteiger partial charge is 0.234 e. The third-order valence-corrected chi connectivity index (χ3v) is 2.57. The summed E-state index contributed by atoms with van der Waals surface area (Å²) in [6.45, 7) is 4.92. The van der Waals surface area contributed by atoms with E-state index in [1.807, 2.05) is 32.7 Å². The molecule has 0 amide bonds. The summed E-state index contributed by atoms with van der Waals surface area (Å²) in [5.74, 6) is 2.52. The van der Waals surface area contributed by atoms with E-state index >= 15 is 0 Å². The van der Waals surface area contributed by atoms with E-state index in [0.717, 1.165) is 18.1 Å². The molecule has 1 aromatic rings. The highest BCUT2D eigenvalue weighted by Gasteiger charge is 2.05. The molecule has 0 aliphatic rings. The minimum atomic E-state index is 0.126. The van der Waals surface area contributed by atoms with Crippen LogP contribution >= 0.6 is 11.8 Å². The van der Waals surface area contributed by atoms with E-state index < -0.39 is 0 Å². The van der Waals surface area contributed by atoms with Gasteiger partial charge >= 0.3 is 0 Å². The van der Waals surface area contributed by atoms with Gasteiger partial charge in [0, 0.05) is 19.3 Å². The Labute approximate surface area is 101 Å². The first kappa shape index (κ1) is 13.1. The number of rotatable bonds is 6. The molecule has 16 heavy (non-hydrogen) atoms. The van der Waals surface area contributed by atoms with Crippen molar-refractivity contribution < 1.29 is 4.74 Å². The minimum absolute atomic E-state index is 0.126. The van der Waals surface area contributed by atoms with Crippen molar-refractivity contribution in [3.05, 3.63) is 12.4 Å². The van der Waals surface area contributed by atoms with Crippen molar-refractivity contribution in [3.63, 3.8) is 0 Å². The van der Waals surface area contributed by atoms with Gasteiger partial charge in [0.1, 0.15) is 0 Å². The fourth-order valence-electron chi connectivity index (χ4n) is 1.16. The maximum atomic E-state index is 5.50. The fourth-order valence-corrected chi connectivity index (χ4v) is 1.62. The first-order chi connectivity index (χ1) is 7.63. The van der Waals surface area contributed by atoms with E-state index in [0.29, 0.717) is 5.88 Å². The van der Waals surface area contributed by atoms with Crippen molar-refractivity contribution in [1.82, 2.24) is 9.97 Å². The molecule has 0 saturated heterocycles. The molecule has 0 fully saturated rings. The van der Waals surface area contributed by atoms with E-state index in [2.05, 4.69) is 21.1 Å². The molecule has 0 saturated carbocycles. The number of nitrogens with zero attached hydrogens (tertiary/aromatic N) is 3. The Bertz CT molecular complexity index is 320. The maximum Gasteiger partial charge on any atom is 0.234 e. The number of aromatic nitrogens is 2. The van der Waals surface area contributed by atoms with Crippen LogP contribution in [0.4, 0.5) is 5.82 Å². The van der Waals surface area contributed by atoms with Gasteiger partial charge in [-0.1, -0.05) is 0 Å². The Morgan fingerprint density at radius 3 is 2.81 bits per heavy atom. The number of hydrogen-bond acceptors (Lipinski definition) is 5. The van der Waals surface area contributed by atoms with Gasteiger partial charge in [-0.05, 0) is 20.1 Å². The predicted molar refractivity (Wildman–Crippen MR) is 69.4 cm³/mol. The second-order valence-electron chi connectivity index (χ2n) is 3.80. The highest BCUT2D eigenvalue weighted by molar-refractivity contribution is 7.98. The molecular formula is C11H19N3OS. The van der Waals surface area contributed by atoms with Gasteiger partial charge in [0.25, 0.3) is 0 Å². The second kappa shape index (κ2) is 6.58. The maximum absolute atomic E-state index is 5.50. The van der Waals surface area contributed by atoms with Crippen LogP contribution in [0, 0.1) is 0 Å². The summed E-state index contributed by atoms with van der Waals surface area (Å²) >= 11 is 1.82. The summed E-state index contributed by atoms with van der Waals surface area (Å²) in [4.78, 5) is 10.6. The SMILES string of the molecule is CSCCN(C)c1cncc(OC(C)C)n1. The van der Waals surface area contributed by atoms with Crippen molar-refractivity contribution in [2.75, 3.05) is 30.5 Å². The minimum Gasteiger partial charge on any atom is -0.474 e. The molecule has 0 N–H and O–H groups in total. The van der Waals surface area contributed by atoms with Gasteiger partial charge in [-0.25, -0.2) is 0 Å². The highest BCUT2D eigenvalue weighted by atomic mass is 32.2. The molecule has 0 radical (unpaired) electrons. The molecule has 4 nitrogen and oxygen atoms in total. The van der Waals surface area contributed by atoms with Crippen LogP contribution in [0.25, 0.3) is 0 Å². The third-order valence-electron chi connectivity index (χ3n) is 1.98. The molecule has 1 aromatic heterocycles. The Hall–Kier alpha value is -0.970. The van der Waals surface area contributed by atoms with Crippen LogP contribution in [-0.4, -0.2) is 41.7 Å². The molecule has 0 atom stereocenters. The summed E-state index contributed by atoms with van der Waals surface area (Å²) in [5.41, 5.74) is 0. The highest BCUT2D eigenvalue weighted by Crippen LogP contribution is 2.13. The standard InChI is InChI=1S/C11H19N3OS/c1-9(2)15-11-8-12-7-10(13-11)14(3)5-6-16-4/h7-9H,5-6H2,1-4H3. The molecule has 1 rings (SSSR count). The molecule has 0 spiro atoms. The molecule has 0 bridgehead atoms. The van der Waals surface area contributed by atoms with Crippen molar-refractivity contribution in [2.24, 2.45) is 0 Å². The molecule has 0 unspecified atom stereocenters. The second-order valence-corrected chi connectivity index (χ2v) is 4.78. The number of hydrogen-bond donors (Lipinski definition) is 0. The van der Waals surface area contributed by atoms with Gasteiger partial charge in [0.15, 0.2) is 5.82 Å². The lowest BCUT2D eigenvalue weighted by Gasteiger charge is -2.18. The van der Waals surface area contributed by atoms with Crippen LogP contribution in [0.2, 0.25) is 0 Å². The lowest BCUT2D eigenvalue weighted by atomic mass is 10.5. The largest absolute Gasteiger partial charge is 0.474 e. The lowest BCUT2D eigenvalue weighted by Crippen LogP contribution is -2.21. The Morgan fingerprint density at radius 2 is 2.19 bits per heavy atom. The number of ether oxygens (including phenoxy) is 1. The topological polar surface area (TPSA) is 38.2 Å². The lowest BCUT2D eigenvalue weighted by molar-refractivity contribution is 0.232. The fraction of sp³-hybridized carbons (Fsp3) is 0.636. The van der Waals surface area contributed by atoms with E-state index in [-0.39, 0.29) is 6.10 Å². The monoisotopic (exact) mass is 241 g/mol. The molecule has 1 heterocycles. The molecule has 0 aromatic carbocycles. The van der Waals surface area contributed by atoms with E-state index in [9.17, 15) is 0 Å². The van der Waals surface area contributed by atoms with E-state index in [1.54, 1.807) is 12.4 Å². The Kier molecular flexibility index (Phi) is 5.38. The molecular weight excluding hydrogens is 222 g/mol. The van der Waals surface area contributed by atoms with Crippen molar-refractivity contribution in [3.8, 4) is 5.88 Å². The van der Waals surface area contributed by atoms with Crippen molar-refractivity contribution in [1.29, 1.82) is 0 Å². The van der Waals surface area contributed by atoms with Gasteiger partial charge < -0.3 is 9.64 Å². The molecule has 0 aliphatic carbocycles. The van der Waals surface area contributed by atoms with Crippen LogP contribution in [0.15, 0.2) is 12.4 Å². The van der Waals surface area contributed by atoms with Gasteiger partial charge in [-0.15, -0.1) is 0 Å². The van der Waals surface area contributed by atoms with Crippen LogP contribution < -0.4 is 9.64 Å². The van der Waals surface area contributed by atoms with Crippen LogP contribution in [0.1, 0.15) is 13.8 Å². The van der Waals surface area contributed by atoms with Gasteiger partial charge in [0.2, 0.25) is 5.88 Å². The summed E-state index contributed by atoms with van der Waals surface area (Å²) in [6.07, 6.45) is 5.62. The molecule has 90 valence electrons. The van der Waals surface area contributed by atoms with Gasteiger partial charge in [-0.2, -0.15) is 16.7 Å². The van der Waals surface area contributed by atoms with Gasteiger partial charge in [-0.3, -0.25) is 4.98 Å². The molecule has 5 heteroatoms. The van der Waals surface area contributed by atoms with Crippen LogP contribution in [-0.2, 0) is 0 Å². The quantitative estimate of drug-likeness (QED) is 0.762. The van der Waals surface area contributed by atoms with Crippen molar-refractivity contribution >= 4 is 17.6 Å². The summed E-state index contributed by atoms with van der Waals surface area (Å²) in [6, 6.07) is 0. The van der Waals surface area contributed by atoms with E-state index in [1.165, 1.54) is 0 Å². The predicted octanol–water partition coefficient (Wildman–Crippen LogP) is 2.06. The average molecular weight is 241 g/mol. The Morgan fingerprint density at radius 1 is 1.44 bits per heavy atom. The zero-order chi connectivity index (χ0) is 12.0. The van der Waals surface area contributed by atoms with Crippen molar-refractivity contribution in [2.45, 2.75) is 20.0 Å². The summed E-state index contributed by atoms with van der Waals surface area (Å²) in [7, 11) is 2.01. The van der Waals surface area contributed by atoms with Crippen LogP contribution in [0.3, 0.4) is 0 Å². The summed E-state index contributed by atoms with van der Waals surface area (Å²) < 4.78 is 5.50. The third kappa shape index (κ3) is 4.26. The average Bonchev–Trinajstić information content (AvgIpc) is 2.25. The number of anilines is 1. The zero-order valence-electron chi connectivity index (χ0n) is 10.3. The van der Waals surface area contributed by atoms with E-state index in [4.69, 9.17) is 4.74 Å². The molecule has 0 aliphatic heterocycles. The normalized spacial score (nSPS) is 10.6. The van der Waals surface area contributed by atoms with Crippen LogP contribution in [0.5, 0.6) is 5.88 Å².